The summed E-state index contributed by atoms with van der Waals surface area (Å²) in [5.41, 5.74) is 0.737. The van der Waals surface area contributed by atoms with Crippen LogP contribution < -0.4 is 9.64 Å². The van der Waals surface area contributed by atoms with Crippen LogP contribution in [0.25, 0.3) is 0 Å². The Kier molecular flexibility index (Phi) is 5.08. The Morgan fingerprint density at radius 1 is 1.17 bits per heavy atom. The van der Waals surface area contributed by atoms with Crippen molar-refractivity contribution < 1.29 is 14.3 Å². The monoisotopic (exact) mass is 321 g/mol. The molecule has 0 unspecified atom stereocenters. The summed E-state index contributed by atoms with van der Waals surface area (Å²) in [6.45, 7) is 8.13. The molecule has 1 aromatic carbocycles. The molecule has 7 heteroatoms. The zero-order valence-electron chi connectivity index (χ0n) is 14.0. The fraction of sp³-hybridized carbons (Fsp3) is 0.562. The number of piperazine rings is 1. The van der Waals surface area contributed by atoms with E-state index in [4.69, 9.17) is 9.47 Å². The van der Waals surface area contributed by atoms with Gasteiger partial charge in [0.25, 0.3) is 0 Å². The van der Waals surface area contributed by atoms with Gasteiger partial charge in [-0.2, -0.15) is 0 Å². The van der Waals surface area contributed by atoms with Gasteiger partial charge >= 0.3 is 6.09 Å². The number of rotatable bonds is 3. The Bertz CT molecular complexity index is 575. The number of amides is 1. The molecule has 7 nitrogen and oxygen atoms in total. The van der Waals surface area contributed by atoms with E-state index >= 15 is 0 Å². The molecule has 1 aliphatic rings. The lowest BCUT2D eigenvalue weighted by Crippen LogP contribution is -2.50. The maximum absolute atomic E-state index is 12.1. The van der Waals surface area contributed by atoms with E-state index in [0.29, 0.717) is 31.9 Å². The normalized spacial score (nSPS) is 15.3. The third-order valence-corrected chi connectivity index (χ3v) is 3.56. The highest BCUT2D eigenvalue weighted by molar-refractivity contribution is 5.69. The van der Waals surface area contributed by atoms with Crippen molar-refractivity contribution in [1.82, 2.24) is 4.90 Å². The smallest absolute Gasteiger partial charge is 0.410 e. The van der Waals surface area contributed by atoms with Crippen molar-refractivity contribution in [3.63, 3.8) is 0 Å². The van der Waals surface area contributed by atoms with Crippen molar-refractivity contribution in [2.75, 3.05) is 38.2 Å². The second-order valence-electron chi connectivity index (χ2n) is 6.40. The standard InChI is InChI=1S/C16H23N3O4/c1-16(2,3)23-15(20)19-9-7-18(8-10-19)12-5-6-13(17-21)14(11-12)22-4/h5-6,11H,7-10H2,1-4H3. The largest absolute Gasteiger partial charge is 0.494 e. The lowest BCUT2D eigenvalue weighted by Gasteiger charge is -2.36. The van der Waals surface area contributed by atoms with Crippen LogP contribution in [0.5, 0.6) is 5.75 Å². The summed E-state index contributed by atoms with van der Waals surface area (Å²) in [4.78, 5) is 26.6. The van der Waals surface area contributed by atoms with Gasteiger partial charge in [0.1, 0.15) is 17.0 Å². The van der Waals surface area contributed by atoms with Gasteiger partial charge in [-0.15, -0.1) is 4.91 Å². The number of ether oxygens (including phenoxy) is 2. The number of nitrogens with zero attached hydrogens (tertiary/aromatic N) is 3. The third kappa shape index (κ3) is 4.34. The van der Waals surface area contributed by atoms with Gasteiger partial charge in [0.2, 0.25) is 0 Å². The second kappa shape index (κ2) is 6.85. The number of carbonyl (C=O) groups excluding carboxylic acids is 1. The fourth-order valence-corrected chi connectivity index (χ4v) is 2.41. The first kappa shape index (κ1) is 17.1. The summed E-state index contributed by atoms with van der Waals surface area (Å²) in [5, 5.41) is 2.93. The first-order valence-corrected chi connectivity index (χ1v) is 7.58. The highest BCUT2D eigenvalue weighted by atomic mass is 16.6. The van der Waals surface area contributed by atoms with Gasteiger partial charge in [-0.25, -0.2) is 4.79 Å². The topological polar surface area (TPSA) is 71.4 Å². The Morgan fingerprint density at radius 2 is 1.83 bits per heavy atom. The van der Waals surface area contributed by atoms with Crippen LogP contribution in [0.1, 0.15) is 20.8 Å². The molecule has 2 rings (SSSR count). The molecule has 23 heavy (non-hydrogen) atoms. The minimum absolute atomic E-state index is 0.281. The van der Waals surface area contributed by atoms with E-state index in [1.165, 1.54) is 7.11 Å². The first-order chi connectivity index (χ1) is 10.8. The Labute approximate surface area is 136 Å². The summed E-state index contributed by atoms with van der Waals surface area (Å²) >= 11 is 0. The van der Waals surface area contributed by atoms with Crippen LogP contribution in [0.15, 0.2) is 23.4 Å². The molecule has 1 aromatic rings. The fourth-order valence-electron chi connectivity index (χ4n) is 2.41. The van der Waals surface area contributed by atoms with Crippen molar-refractivity contribution in [2.45, 2.75) is 26.4 Å². The first-order valence-electron chi connectivity index (χ1n) is 7.58. The third-order valence-electron chi connectivity index (χ3n) is 3.56. The number of carbonyl (C=O) groups is 1. The average Bonchev–Trinajstić information content (AvgIpc) is 2.52. The van der Waals surface area contributed by atoms with Crippen LogP contribution in [0.3, 0.4) is 0 Å². The number of nitroso groups, excluding NO2 is 1. The molecule has 1 fully saturated rings. The molecule has 126 valence electrons. The Morgan fingerprint density at radius 3 is 2.35 bits per heavy atom. The molecule has 1 saturated heterocycles. The summed E-state index contributed by atoms with van der Waals surface area (Å²) in [6, 6.07) is 5.27. The van der Waals surface area contributed by atoms with Gasteiger partial charge in [0.05, 0.1) is 7.11 Å². The van der Waals surface area contributed by atoms with E-state index in [0.717, 1.165) is 5.69 Å². The number of hydrogen-bond acceptors (Lipinski definition) is 6. The number of hydrogen-bond donors (Lipinski definition) is 0. The van der Waals surface area contributed by atoms with Crippen molar-refractivity contribution >= 4 is 17.5 Å². The van der Waals surface area contributed by atoms with Crippen LogP contribution >= 0.6 is 0 Å². The molecular formula is C16H23N3O4. The second-order valence-corrected chi connectivity index (χ2v) is 6.40. The zero-order valence-corrected chi connectivity index (χ0v) is 14.0. The maximum Gasteiger partial charge on any atom is 0.410 e. The maximum atomic E-state index is 12.1. The van der Waals surface area contributed by atoms with Gasteiger partial charge in [-0.1, -0.05) is 0 Å². The molecule has 1 amide bonds. The number of anilines is 1. The summed E-state index contributed by atoms with van der Waals surface area (Å²) in [6.07, 6.45) is -0.282. The lowest BCUT2D eigenvalue weighted by atomic mass is 10.2. The van der Waals surface area contributed by atoms with E-state index in [1.54, 1.807) is 17.0 Å². The van der Waals surface area contributed by atoms with Gasteiger partial charge in [-0.3, -0.25) is 0 Å². The molecule has 0 saturated carbocycles. The van der Waals surface area contributed by atoms with Crippen molar-refractivity contribution in [3.8, 4) is 5.75 Å². The SMILES string of the molecule is COc1cc(N2CCN(C(=O)OC(C)(C)C)CC2)ccc1N=O. The molecule has 0 bridgehead atoms. The van der Waals surface area contributed by atoms with E-state index in [1.807, 2.05) is 26.8 Å². The Balaban J connectivity index is 1.99. The molecule has 1 aliphatic heterocycles. The van der Waals surface area contributed by atoms with Gasteiger partial charge in [0.15, 0.2) is 0 Å². The van der Waals surface area contributed by atoms with E-state index in [-0.39, 0.29) is 11.8 Å². The van der Waals surface area contributed by atoms with Crippen molar-refractivity contribution in [1.29, 1.82) is 0 Å². The molecular weight excluding hydrogens is 298 g/mol. The number of benzene rings is 1. The lowest BCUT2D eigenvalue weighted by molar-refractivity contribution is 0.0240. The van der Waals surface area contributed by atoms with Crippen LogP contribution in [-0.2, 0) is 4.74 Å². The summed E-state index contributed by atoms with van der Waals surface area (Å²) < 4.78 is 10.6. The molecule has 1 heterocycles. The van der Waals surface area contributed by atoms with Crippen LogP contribution in [0.4, 0.5) is 16.2 Å². The van der Waals surface area contributed by atoms with Gasteiger partial charge in [-0.05, 0) is 38.1 Å². The molecule has 0 N–H and O–H groups in total. The summed E-state index contributed by atoms with van der Waals surface area (Å²) in [7, 11) is 1.51. The van der Waals surface area contributed by atoms with Gasteiger partial charge in [0, 0.05) is 37.9 Å². The predicted octanol–water partition coefficient (Wildman–Crippen LogP) is 3.15. The van der Waals surface area contributed by atoms with Crippen LogP contribution in [-0.4, -0.2) is 49.9 Å². The molecule has 0 atom stereocenters. The van der Waals surface area contributed by atoms with Crippen LogP contribution in [0, 0.1) is 4.91 Å². The quantitative estimate of drug-likeness (QED) is 0.800. The average molecular weight is 321 g/mol. The highest BCUT2D eigenvalue weighted by Crippen LogP contribution is 2.32. The summed E-state index contributed by atoms with van der Waals surface area (Å²) in [5.74, 6) is 0.451. The minimum atomic E-state index is -0.487. The molecule has 0 spiro atoms. The van der Waals surface area contributed by atoms with E-state index in [9.17, 15) is 9.70 Å². The van der Waals surface area contributed by atoms with E-state index < -0.39 is 5.60 Å². The minimum Gasteiger partial charge on any atom is -0.494 e. The van der Waals surface area contributed by atoms with Gasteiger partial charge < -0.3 is 19.3 Å². The number of methoxy groups -OCH3 is 1. The molecule has 0 radical (unpaired) electrons. The molecule has 0 aliphatic carbocycles. The highest BCUT2D eigenvalue weighted by Gasteiger charge is 2.26. The van der Waals surface area contributed by atoms with Crippen LogP contribution in [0.2, 0.25) is 0 Å². The predicted molar refractivity (Wildman–Crippen MR) is 88.5 cm³/mol. The van der Waals surface area contributed by atoms with Crippen molar-refractivity contribution in [2.24, 2.45) is 5.18 Å². The Hall–Kier alpha value is -2.31. The molecule has 0 aromatic heterocycles. The van der Waals surface area contributed by atoms with E-state index in [2.05, 4.69) is 10.1 Å². The zero-order chi connectivity index (χ0) is 17.0. The van der Waals surface area contributed by atoms with Crippen molar-refractivity contribution in [3.05, 3.63) is 23.1 Å².